The normalized spacial score (nSPS) is 11.5. The molecule has 0 atom stereocenters. The van der Waals surface area contributed by atoms with Crippen LogP contribution in [0.3, 0.4) is 0 Å². The first kappa shape index (κ1) is 23.0. The molecular formula is C22H22BrNO6S. The van der Waals surface area contributed by atoms with Crippen LogP contribution < -0.4 is 4.31 Å². The molecule has 3 rings (SSSR count). The molecule has 0 fully saturated rings. The van der Waals surface area contributed by atoms with E-state index in [0.717, 1.165) is 4.31 Å². The molecule has 7 nitrogen and oxygen atoms in total. The number of hydrogen-bond acceptors (Lipinski definition) is 6. The van der Waals surface area contributed by atoms with E-state index in [-0.39, 0.29) is 29.2 Å². The number of amides is 1. The van der Waals surface area contributed by atoms with Gasteiger partial charge in [0.25, 0.3) is 10.0 Å². The van der Waals surface area contributed by atoms with Crippen molar-refractivity contribution in [1.82, 2.24) is 0 Å². The summed E-state index contributed by atoms with van der Waals surface area (Å²) in [5.41, 5.74) is 0.732. The Bertz CT molecular complexity index is 1230. The molecule has 0 N–H and O–H groups in total. The van der Waals surface area contributed by atoms with Crippen molar-refractivity contribution < 1.29 is 27.2 Å². The highest BCUT2D eigenvalue weighted by Gasteiger charge is 2.31. The first-order valence-corrected chi connectivity index (χ1v) is 12.0. The number of nitrogens with zero attached hydrogens (tertiary/aromatic N) is 1. The summed E-state index contributed by atoms with van der Waals surface area (Å²) in [5.74, 6) is -0.784. The topological polar surface area (TPSA) is 93.9 Å². The number of anilines is 1. The van der Waals surface area contributed by atoms with Gasteiger partial charge in [0, 0.05) is 16.3 Å². The lowest BCUT2D eigenvalue weighted by molar-refractivity contribution is -0.117. The summed E-state index contributed by atoms with van der Waals surface area (Å²) in [6.45, 7) is 5.30. The van der Waals surface area contributed by atoms with E-state index in [0.29, 0.717) is 27.6 Å². The summed E-state index contributed by atoms with van der Waals surface area (Å²) in [6, 6.07) is 10.6. The molecule has 3 aromatic rings. The van der Waals surface area contributed by atoms with Crippen LogP contribution in [0.15, 0.2) is 56.2 Å². The van der Waals surface area contributed by atoms with Gasteiger partial charge in [-0.1, -0.05) is 22.9 Å². The van der Waals surface area contributed by atoms with Crippen LogP contribution in [0.2, 0.25) is 0 Å². The highest BCUT2D eigenvalue weighted by molar-refractivity contribution is 9.10. The minimum absolute atomic E-state index is 0.0192. The number of halogens is 1. The van der Waals surface area contributed by atoms with Gasteiger partial charge in [0.1, 0.15) is 16.9 Å². The number of fused-ring (bicyclic) bond motifs is 1. The molecule has 2 aromatic carbocycles. The molecule has 1 amide bonds. The number of ether oxygens (including phenoxy) is 1. The van der Waals surface area contributed by atoms with E-state index >= 15 is 0 Å². The molecule has 0 aliphatic carbocycles. The molecule has 164 valence electrons. The fourth-order valence-corrected chi connectivity index (χ4v) is 4.94. The van der Waals surface area contributed by atoms with Gasteiger partial charge < -0.3 is 9.15 Å². The Kier molecular flexibility index (Phi) is 6.86. The quantitative estimate of drug-likeness (QED) is 0.407. The Morgan fingerprint density at radius 2 is 1.77 bits per heavy atom. The van der Waals surface area contributed by atoms with E-state index < -0.39 is 21.9 Å². The van der Waals surface area contributed by atoms with Crippen LogP contribution in [0.1, 0.15) is 42.8 Å². The largest absolute Gasteiger partial charge is 0.462 e. The van der Waals surface area contributed by atoms with E-state index in [1.54, 1.807) is 39.0 Å². The molecule has 0 saturated carbocycles. The van der Waals surface area contributed by atoms with Gasteiger partial charge in [0.2, 0.25) is 5.91 Å². The molecule has 1 aromatic heterocycles. The van der Waals surface area contributed by atoms with Crippen LogP contribution >= 0.6 is 15.9 Å². The highest BCUT2D eigenvalue weighted by Crippen LogP contribution is 2.33. The van der Waals surface area contributed by atoms with Gasteiger partial charge in [-0.2, -0.15) is 0 Å². The van der Waals surface area contributed by atoms with E-state index in [1.807, 2.05) is 0 Å². The van der Waals surface area contributed by atoms with Crippen LogP contribution in [0, 0.1) is 6.92 Å². The van der Waals surface area contributed by atoms with Gasteiger partial charge in [0.05, 0.1) is 17.2 Å². The van der Waals surface area contributed by atoms with Crippen molar-refractivity contribution in [3.63, 3.8) is 0 Å². The van der Waals surface area contributed by atoms with E-state index in [2.05, 4.69) is 15.9 Å². The second-order valence-electron chi connectivity index (χ2n) is 6.80. The molecule has 0 aliphatic rings. The van der Waals surface area contributed by atoms with Gasteiger partial charge >= 0.3 is 5.97 Å². The van der Waals surface area contributed by atoms with Crippen molar-refractivity contribution in [2.24, 2.45) is 0 Å². The van der Waals surface area contributed by atoms with E-state index in [1.165, 1.54) is 24.3 Å². The minimum Gasteiger partial charge on any atom is -0.462 e. The van der Waals surface area contributed by atoms with Crippen LogP contribution in [0.4, 0.5) is 5.69 Å². The molecule has 0 bridgehead atoms. The van der Waals surface area contributed by atoms with Gasteiger partial charge in [-0.15, -0.1) is 0 Å². The molecular weight excluding hydrogens is 486 g/mol. The van der Waals surface area contributed by atoms with Crippen molar-refractivity contribution in [3.05, 3.63) is 58.3 Å². The number of aryl methyl sites for hydroxylation is 1. The molecule has 0 unspecified atom stereocenters. The number of benzene rings is 2. The number of sulfonamides is 1. The number of esters is 1. The predicted octanol–water partition coefficient (Wildman–Crippen LogP) is 5.20. The maximum absolute atomic E-state index is 13.4. The fourth-order valence-electron chi connectivity index (χ4n) is 3.24. The van der Waals surface area contributed by atoms with Crippen molar-refractivity contribution in [3.8, 4) is 0 Å². The SMILES string of the molecule is CCCC(=O)N(c1ccc2oc(C)c(C(=O)OCC)c2c1)S(=O)(=O)c1ccc(Br)cc1. The van der Waals surface area contributed by atoms with Crippen molar-refractivity contribution in [2.45, 2.75) is 38.5 Å². The van der Waals surface area contributed by atoms with E-state index in [9.17, 15) is 18.0 Å². The summed E-state index contributed by atoms with van der Waals surface area (Å²) in [4.78, 5) is 25.3. The summed E-state index contributed by atoms with van der Waals surface area (Å²) in [6.07, 6.45) is 0.523. The molecule has 31 heavy (non-hydrogen) atoms. The standard InChI is InChI=1S/C22H22BrNO6S/c1-4-6-20(25)24(31(27,28)17-10-7-15(23)8-11-17)16-9-12-19-18(13-16)21(14(3)30-19)22(26)29-5-2/h7-13H,4-6H2,1-3H3. The maximum atomic E-state index is 13.4. The molecule has 0 aliphatic heterocycles. The molecule has 0 radical (unpaired) electrons. The van der Waals surface area contributed by atoms with Crippen LogP contribution in [0.5, 0.6) is 0 Å². The van der Waals surface area contributed by atoms with Crippen molar-refractivity contribution in [2.75, 3.05) is 10.9 Å². The number of carbonyl (C=O) groups excluding carboxylic acids is 2. The Hall–Kier alpha value is -2.65. The van der Waals surface area contributed by atoms with Gasteiger partial charge in [0.15, 0.2) is 0 Å². The van der Waals surface area contributed by atoms with Crippen molar-refractivity contribution in [1.29, 1.82) is 0 Å². The average Bonchev–Trinajstić information content (AvgIpc) is 3.04. The van der Waals surface area contributed by atoms with Crippen LogP contribution in [0.25, 0.3) is 11.0 Å². The average molecular weight is 508 g/mol. The summed E-state index contributed by atoms with van der Waals surface area (Å²) < 4.78 is 39.0. The third-order valence-corrected chi connectivity index (χ3v) is 6.90. The third kappa shape index (κ3) is 4.52. The predicted molar refractivity (Wildman–Crippen MR) is 121 cm³/mol. The monoisotopic (exact) mass is 507 g/mol. The molecule has 1 heterocycles. The van der Waals surface area contributed by atoms with Gasteiger partial charge in [-0.3, -0.25) is 4.79 Å². The Morgan fingerprint density at radius 3 is 2.39 bits per heavy atom. The second kappa shape index (κ2) is 9.23. The Morgan fingerprint density at radius 1 is 1.10 bits per heavy atom. The number of furan rings is 1. The lowest BCUT2D eigenvalue weighted by Crippen LogP contribution is -2.36. The zero-order valence-electron chi connectivity index (χ0n) is 17.3. The molecule has 0 saturated heterocycles. The van der Waals surface area contributed by atoms with Gasteiger partial charge in [-0.05, 0) is 62.7 Å². The molecule has 0 spiro atoms. The highest BCUT2D eigenvalue weighted by atomic mass is 79.9. The van der Waals surface area contributed by atoms with Crippen molar-refractivity contribution >= 4 is 54.5 Å². The summed E-state index contributed by atoms with van der Waals surface area (Å²) >= 11 is 3.28. The minimum atomic E-state index is -4.18. The van der Waals surface area contributed by atoms with Gasteiger partial charge in [-0.25, -0.2) is 17.5 Å². The number of rotatable bonds is 7. The Balaban J connectivity index is 2.20. The second-order valence-corrected chi connectivity index (χ2v) is 9.50. The number of carbonyl (C=O) groups is 2. The van der Waals surface area contributed by atoms with E-state index in [4.69, 9.17) is 9.15 Å². The lowest BCUT2D eigenvalue weighted by Gasteiger charge is -2.23. The summed E-state index contributed by atoms with van der Waals surface area (Å²) in [7, 11) is -4.18. The molecule has 9 heteroatoms. The summed E-state index contributed by atoms with van der Waals surface area (Å²) in [5, 5.41) is 0.383. The fraction of sp³-hybridized carbons (Fsp3) is 0.273. The zero-order chi connectivity index (χ0) is 22.8. The maximum Gasteiger partial charge on any atom is 0.342 e. The lowest BCUT2D eigenvalue weighted by atomic mass is 10.1. The Labute approximate surface area is 189 Å². The third-order valence-electron chi connectivity index (χ3n) is 4.60. The smallest absolute Gasteiger partial charge is 0.342 e. The first-order chi connectivity index (χ1) is 14.7. The van der Waals surface area contributed by atoms with Crippen LogP contribution in [-0.2, 0) is 19.6 Å². The first-order valence-electron chi connectivity index (χ1n) is 9.74. The zero-order valence-corrected chi connectivity index (χ0v) is 19.7. The number of hydrogen-bond donors (Lipinski definition) is 0. The van der Waals surface area contributed by atoms with Crippen LogP contribution in [-0.4, -0.2) is 26.9 Å².